The Morgan fingerprint density at radius 2 is 2.17 bits per heavy atom. The third-order valence-corrected chi connectivity index (χ3v) is 4.36. The van der Waals surface area contributed by atoms with Crippen LogP contribution in [-0.2, 0) is 7.05 Å². The first-order chi connectivity index (χ1) is 11.6. The quantitative estimate of drug-likeness (QED) is 0.615. The van der Waals surface area contributed by atoms with Gasteiger partial charge in [0.1, 0.15) is 5.69 Å². The average Bonchev–Trinajstić information content (AvgIpc) is 3.27. The van der Waals surface area contributed by atoms with E-state index < -0.39 is 0 Å². The molecular weight excluding hydrogens is 328 g/mol. The van der Waals surface area contributed by atoms with E-state index in [1.807, 2.05) is 20.0 Å². The van der Waals surface area contributed by atoms with Crippen LogP contribution in [0.4, 0.5) is 6.01 Å². The van der Waals surface area contributed by atoms with Gasteiger partial charge < -0.3 is 4.42 Å². The summed E-state index contributed by atoms with van der Waals surface area (Å²) in [5.74, 6) is -0.0652. The fourth-order valence-electron chi connectivity index (χ4n) is 2.21. The standard InChI is InChI=1S/C15H12N6O2S/c1-8-5-11(20-21(8)2)14-18-19-15(23-14)17-13(22)9-3-4-10-12(6-9)24-7-16-10/h3-7H,1-2H3,(H,17,19,22). The first kappa shape index (κ1) is 14.5. The third kappa shape index (κ3) is 2.54. The largest absolute Gasteiger partial charge is 0.401 e. The van der Waals surface area contributed by atoms with E-state index in [9.17, 15) is 4.79 Å². The van der Waals surface area contributed by atoms with E-state index >= 15 is 0 Å². The Labute approximate surface area is 140 Å². The van der Waals surface area contributed by atoms with Gasteiger partial charge in [0.15, 0.2) is 0 Å². The third-order valence-electron chi connectivity index (χ3n) is 3.57. The van der Waals surface area contributed by atoms with Gasteiger partial charge in [0.2, 0.25) is 0 Å². The lowest BCUT2D eigenvalue weighted by molar-refractivity contribution is 0.102. The second-order valence-electron chi connectivity index (χ2n) is 5.20. The minimum Gasteiger partial charge on any atom is -0.401 e. The van der Waals surface area contributed by atoms with Gasteiger partial charge in [0, 0.05) is 18.3 Å². The normalized spacial score (nSPS) is 11.1. The number of anilines is 1. The van der Waals surface area contributed by atoms with Crippen molar-refractivity contribution in [1.82, 2.24) is 25.0 Å². The number of nitrogens with one attached hydrogen (secondary N) is 1. The molecule has 0 bridgehead atoms. The van der Waals surface area contributed by atoms with Crippen molar-refractivity contribution in [3.8, 4) is 11.6 Å². The summed E-state index contributed by atoms with van der Waals surface area (Å²) >= 11 is 1.48. The number of aromatic nitrogens is 5. The van der Waals surface area contributed by atoms with Crippen LogP contribution in [0.1, 0.15) is 16.1 Å². The maximum Gasteiger partial charge on any atom is 0.322 e. The Balaban J connectivity index is 1.55. The molecule has 0 aliphatic carbocycles. The highest BCUT2D eigenvalue weighted by molar-refractivity contribution is 7.16. The predicted molar refractivity (Wildman–Crippen MR) is 88.8 cm³/mol. The number of fused-ring (bicyclic) bond motifs is 1. The molecule has 1 amide bonds. The molecule has 0 aliphatic rings. The number of rotatable bonds is 3. The van der Waals surface area contributed by atoms with Gasteiger partial charge in [-0.2, -0.15) is 5.10 Å². The summed E-state index contributed by atoms with van der Waals surface area (Å²) in [6.07, 6.45) is 0. The smallest absolute Gasteiger partial charge is 0.322 e. The Hall–Kier alpha value is -3.07. The van der Waals surface area contributed by atoms with Crippen molar-refractivity contribution in [2.24, 2.45) is 7.05 Å². The van der Waals surface area contributed by atoms with Crippen LogP contribution in [0, 0.1) is 6.92 Å². The summed E-state index contributed by atoms with van der Waals surface area (Å²) in [5, 5.41) is 14.6. The second kappa shape index (κ2) is 5.53. The summed E-state index contributed by atoms with van der Waals surface area (Å²) in [6, 6.07) is 7.15. The molecular formula is C15H12N6O2S. The Morgan fingerprint density at radius 3 is 2.96 bits per heavy atom. The minimum atomic E-state index is -0.322. The molecule has 3 aromatic heterocycles. The van der Waals surface area contributed by atoms with E-state index in [4.69, 9.17) is 4.42 Å². The van der Waals surface area contributed by atoms with Gasteiger partial charge in [-0.1, -0.05) is 5.10 Å². The number of nitrogens with zero attached hydrogens (tertiary/aromatic N) is 5. The van der Waals surface area contributed by atoms with Gasteiger partial charge in [0.05, 0.1) is 15.7 Å². The Bertz CT molecular complexity index is 1030. The first-order valence-corrected chi connectivity index (χ1v) is 7.97. The number of carbonyl (C=O) groups is 1. The SMILES string of the molecule is Cc1cc(-c2nnc(NC(=O)c3ccc4ncsc4c3)o2)nn1C. The van der Waals surface area contributed by atoms with Crippen molar-refractivity contribution >= 4 is 33.5 Å². The molecule has 0 spiro atoms. The van der Waals surface area contributed by atoms with Crippen LogP contribution in [0.25, 0.3) is 21.8 Å². The summed E-state index contributed by atoms with van der Waals surface area (Å²) in [5.41, 5.74) is 4.63. The Morgan fingerprint density at radius 1 is 1.29 bits per heavy atom. The molecule has 1 N–H and O–H groups in total. The molecule has 1 aromatic carbocycles. The summed E-state index contributed by atoms with van der Waals surface area (Å²) < 4.78 is 8.12. The van der Waals surface area contributed by atoms with Crippen molar-refractivity contribution < 1.29 is 9.21 Å². The highest BCUT2D eigenvalue weighted by Crippen LogP contribution is 2.21. The number of benzene rings is 1. The zero-order valence-corrected chi connectivity index (χ0v) is 13.7. The van der Waals surface area contributed by atoms with Crippen molar-refractivity contribution in [3.05, 3.63) is 41.0 Å². The van der Waals surface area contributed by atoms with Gasteiger partial charge in [-0.05, 0) is 31.2 Å². The fraction of sp³-hybridized carbons (Fsp3) is 0.133. The average molecular weight is 340 g/mol. The minimum absolute atomic E-state index is 0.0303. The van der Waals surface area contributed by atoms with Crippen LogP contribution in [0.3, 0.4) is 0 Å². The molecule has 0 saturated heterocycles. The zero-order chi connectivity index (χ0) is 16.7. The molecule has 0 saturated carbocycles. The van der Waals surface area contributed by atoms with Crippen LogP contribution in [0.2, 0.25) is 0 Å². The molecule has 0 aliphatic heterocycles. The highest BCUT2D eigenvalue weighted by atomic mass is 32.1. The van der Waals surface area contributed by atoms with Crippen LogP contribution in [0.5, 0.6) is 0 Å². The number of hydrogen-bond acceptors (Lipinski definition) is 7. The van der Waals surface area contributed by atoms with Gasteiger partial charge in [-0.15, -0.1) is 16.4 Å². The van der Waals surface area contributed by atoms with E-state index in [0.717, 1.165) is 15.9 Å². The first-order valence-electron chi connectivity index (χ1n) is 7.09. The van der Waals surface area contributed by atoms with Gasteiger partial charge in [-0.25, -0.2) is 4.98 Å². The molecule has 24 heavy (non-hydrogen) atoms. The molecule has 4 rings (SSSR count). The number of aryl methyl sites for hydroxylation is 2. The van der Waals surface area contributed by atoms with Crippen molar-refractivity contribution in [2.45, 2.75) is 6.92 Å². The van der Waals surface area contributed by atoms with Crippen LogP contribution >= 0.6 is 11.3 Å². The van der Waals surface area contributed by atoms with Crippen LogP contribution < -0.4 is 5.32 Å². The van der Waals surface area contributed by atoms with Gasteiger partial charge in [0.25, 0.3) is 11.8 Å². The van der Waals surface area contributed by atoms with Gasteiger partial charge >= 0.3 is 6.01 Å². The lowest BCUT2D eigenvalue weighted by atomic mass is 10.2. The maximum atomic E-state index is 12.3. The Kier molecular flexibility index (Phi) is 3.35. The van der Waals surface area contributed by atoms with Crippen molar-refractivity contribution in [1.29, 1.82) is 0 Å². The predicted octanol–water partition coefficient (Wildman–Crippen LogP) is 2.64. The second-order valence-corrected chi connectivity index (χ2v) is 6.08. The van der Waals surface area contributed by atoms with E-state index in [1.165, 1.54) is 11.3 Å². The molecule has 120 valence electrons. The zero-order valence-electron chi connectivity index (χ0n) is 12.8. The topological polar surface area (TPSA) is 98.7 Å². The lowest BCUT2D eigenvalue weighted by Gasteiger charge is -2.00. The lowest BCUT2D eigenvalue weighted by Crippen LogP contribution is -2.11. The van der Waals surface area contributed by atoms with Crippen molar-refractivity contribution in [3.63, 3.8) is 0 Å². The van der Waals surface area contributed by atoms with E-state index in [-0.39, 0.29) is 17.8 Å². The van der Waals surface area contributed by atoms with Crippen molar-refractivity contribution in [2.75, 3.05) is 5.32 Å². The molecule has 0 atom stereocenters. The molecule has 8 nitrogen and oxygen atoms in total. The monoisotopic (exact) mass is 340 g/mol. The fourth-order valence-corrected chi connectivity index (χ4v) is 2.92. The van der Waals surface area contributed by atoms with E-state index in [2.05, 4.69) is 25.6 Å². The highest BCUT2D eigenvalue weighted by Gasteiger charge is 2.15. The number of thiazole rings is 1. The van der Waals surface area contributed by atoms with Gasteiger partial charge in [-0.3, -0.25) is 14.8 Å². The molecule has 9 heteroatoms. The number of amides is 1. The molecule has 0 fully saturated rings. The number of hydrogen-bond donors (Lipinski definition) is 1. The summed E-state index contributed by atoms with van der Waals surface area (Å²) in [7, 11) is 1.83. The molecule has 0 radical (unpaired) electrons. The van der Waals surface area contributed by atoms with Crippen LogP contribution in [-0.4, -0.2) is 30.9 Å². The summed E-state index contributed by atoms with van der Waals surface area (Å²) in [4.78, 5) is 16.5. The van der Waals surface area contributed by atoms with E-state index in [0.29, 0.717) is 11.3 Å². The van der Waals surface area contributed by atoms with Crippen LogP contribution in [0.15, 0.2) is 34.2 Å². The molecule has 4 aromatic rings. The molecule has 0 unspecified atom stereocenters. The maximum absolute atomic E-state index is 12.3. The summed E-state index contributed by atoms with van der Waals surface area (Å²) in [6.45, 7) is 1.92. The van der Waals surface area contributed by atoms with E-state index in [1.54, 1.807) is 28.4 Å². The number of carbonyl (C=O) groups excluding carboxylic acids is 1. The molecule has 3 heterocycles.